The van der Waals surface area contributed by atoms with E-state index in [1.807, 2.05) is 0 Å². The Balaban J connectivity index is 2.33. The van der Waals surface area contributed by atoms with Crippen molar-refractivity contribution in [2.75, 3.05) is 26.4 Å². The van der Waals surface area contributed by atoms with Crippen molar-refractivity contribution in [1.82, 2.24) is 0 Å². The zero-order valence-corrected chi connectivity index (χ0v) is 42.6. The second-order valence-electron chi connectivity index (χ2n) is 18.5. The molecule has 0 aromatic heterocycles. The van der Waals surface area contributed by atoms with E-state index >= 15 is 0 Å². The molecular weight excluding hydrogens is 861 g/mol. The molecule has 0 radical (unpaired) electrons. The molecule has 13 heteroatoms. The van der Waals surface area contributed by atoms with Gasteiger partial charge in [-0.25, -0.2) is 4.18 Å². The van der Waals surface area contributed by atoms with Crippen LogP contribution in [0.15, 0.2) is 36.5 Å². The van der Waals surface area contributed by atoms with Gasteiger partial charge in [0.25, 0.3) is 0 Å². The van der Waals surface area contributed by atoms with Gasteiger partial charge in [-0.3, -0.25) is 9.35 Å². The quantitative estimate of drug-likeness (QED) is 0.0197. The van der Waals surface area contributed by atoms with Gasteiger partial charge in [-0.2, -0.15) is 8.42 Å². The minimum atomic E-state index is -5.07. The first-order valence-electron chi connectivity index (χ1n) is 26.7. The fourth-order valence-electron chi connectivity index (χ4n) is 8.17. The van der Waals surface area contributed by atoms with Crippen molar-refractivity contribution in [2.45, 2.75) is 269 Å². The molecule has 1 saturated heterocycles. The standard InChI is InChI=1S/C53H98O12S/c1-3-5-7-9-11-13-15-17-19-21-22-23-24-25-26-27-28-30-32-34-36-38-40-42-49(55)63-47(46-62-53-51(57)52(65-66(58,59)60)50(56)48(44-54)64-53)45-61-43-41-39-37-35-33-31-29-20-18-16-14-12-10-8-6-4-2/h15,17-18,20-22,47-48,50-54,56-57H,3-14,16,19,23-46H2,1-2H3,(H,58,59,60)/b17-15-,20-18-,22-21-. The third-order valence-corrected chi connectivity index (χ3v) is 12.7. The number of aliphatic hydroxyl groups is 3. The summed E-state index contributed by atoms with van der Waals surface area (Å²) in [7, 11) is -5.07. The summed E-state index contributed by atoms with van der Waals surface area (Å²) in [5.41, 5.74) is 0. The topological polar surface area (TPSA) is 178 Å². The van der Waals surface area contributed by atoms with E-state index in [4.69, 9.17) is 18.9 Å². The molecule has 12 nitrogen and oxygen atoms in total. The lowest BCUT2D eigenvalue weighted by Crippen LogP contribution is -2.60. The monoisotopic (exact) mass is 959 g/mol. The van der Waals surface area contributed by atoms with Gasteiger partial charge in [0.05, 0.1) is 19.8 Å². The van der Waals surface area contributed by atoms with Crippen LogP contribution in [0.3, 0.4) is 0 Å². The predicted molar refractivity (Wildman–Crippen MR) is 267 cm³/mol. The number of hydrogen-bond donors (Lipinski definition) is 4. The molecule has 1 fully saturated rings. The molecule has 0 amide bonds. The first-order chi connectivity index (χ1) is 32.1. The molecule has 1 heterocycles. The van der Waals surface area contributed by atoms with Gasteiger partial charge in [-0.05, 0) is 70.6 Å². The van der Waals surface area contributed by atoms with Crippen molar-refractivity contribution in [1.29, 1.82) is 0 Å². The highest BCUT2D eigenvalue weighted by Gasteiger charge is 2.48. The highest BCUT2D eigenvalue weighted by Crippen LogP contribution is 2.26. The summed E-state index contributed by atoms with van der Waals surface area (Å²) in [6.07, 6.45) is 44.6. The number of esters is 1. The lowest BCUT2D eigenvalue weighted by molar-refractivity contribution is -0.301. The summed E-state index contributed by atoms with van der Waals surface area (Å²) >= 11 is 0. The van der Waals surface area contributed by atoms with Gasteiger partial charge in [0.15, 0.2) is 6.29 Å². The summed E-state index contributed by atoms with van der Waals surface area (Å²) in [4.78, 5) is 12.9. The van der Waals surface area contributed by atoms with Crippen LogP contribution in [0.5, 0.6) is 0 Å². The Bertz CT molecular complexity index is 1290. The third-order valence-electron chi connectivity index (χ3n) is 12.2. The van der Waals surface area contributed by atoms with Crippen molar-refractivity contribution < 1.29 is 56.2 Å². The average Bonchev–Trinajstić information content (AvgIpc) is 3.29. The molecule has 6 unspecified atom stereocenters. The molecule has 66 heavy (non-hydrogen) atoms. The lowest BCUT2D eigenvalue weighted by atomic mass is 9.99. The average molecular weight is 959 g/mol. The van der Waals surface area contributed by atoms with Gasteiger partial charge >= 0.3 is 16.4 Å². The van der Waals surface area contributed by atoms with Gasteiger partial charge in [0.2, 0.25) is 0 Å². The molecule has 0 aromatic rings. The van der Waals surface area contributed by atoms with Crippen molar-refractivity contribution in [2.24, 2.45) is 0 Å². The van der Waals surface area contributed by atoms with Crippen LogP contribution >= 0.6 is 0 Å². The Hall–Kier alpha value is -1.68. The highest BCUT2D eigenvalue weighted by molar-refractivity contribution is 7.80. The van der Waals surface area contributed by atoms with Crippen molar-refractivity contribution in [3.63, 3.8) is 0 Å². The lowest BCUT2D eigenvalue weighted by Gasteiger charge is -2.41. The minimum Gasteiger partial charge on any atom is -0.457 e. The third kappa shape index (κ3) is 37.2. The van der Waals surface area contributed by atoms with Gasteiger partial charge in [-0.1, -0.05) is 192 Å². The van der Waals surface area contributed by atoms with E-state index in [1.165, 1.54) is 154 Å². The maximum atomic E-state index is 12.9. The molecule has 0 bridgehead atoms. The first kappa shape index (κ1) is 62.3. The first-order valence-corrected chi connectivity index (χ1v) is 28.1. The Morgan fingerprint density at radius 1 is 0.576 bits per heavy atom. The smallest absolute Gasteiger partial charge is 0.397 e. The Morgan fingerprint density at radius 3 is 1.45 bits per heavy atom. The summed E-state index contributed by atoms with van der Waals surface area (Å²) in [6.45, 7) is 3.99. The molecule has 6 atom stereocenters. The number of hydrogen-bond acceptors (Lipinski definition) is 11. The zero-order valence-electron chi connectivity index (χ0n) is 41.8. The summed E-state index contributed by atoms with van der Waals surface area (Å²) < 4.78 is 59.3. The highest BCUT2D eigenvalue weighted by atomic mass is 32.3. The molecule has 0 spiro atoms. The van der Waals surface area contributed by atoms with E-state index < -0.39 is 59.8 Å². The predicted octanol–water partition coefficient (Wildman–Crippen LogP) is 12.5. The Labute approximate surface area is 403 Å². The number of allylic oxidation sites excluding steroid dienone is 6. The van der Waals surface area contributed by atoms with Crippen molar-refractivity contribution in [3.05, 3.63) is 36.5 Å². The number of carbonyl (C=O) groups excluding carboxylic acids is 1. The maximum absolute atomic E-state index is 12.9. The molecular formula is C53H98O12S. The van der Waals surface area contributed by atoms with Crippen LogP contribution < -0.4 is 0 Å². The molecule has 1 aliphatic rings. The molecule has 0 aliphatic carbocycles. The normalized spacial score (nSPS) is 19.8. The Kier molecular flexibility index (Phi) is 42.1. The van der Waals surface area contributed by atoms with Crippen LogP contribution in [-0.4, -0.2) is 97.5 Å². The van der Waals surface area contributed by atoms with Crippen LogP contribution in [-0.2, 0) is 38.3 Å². The zero-order chi connectivity index (χ0) is 48.2. The summed E-state index contributed by atoms with van der Waals surface area (Å²) in [5, 5.41) is 30.8. The number of carbonyl (C=O) groups is 1. The fourth-order valence-corrected chi connectivity index (χ4v) is 8.68. The van der Waals surface area contributed by atoms with Crippen LogP contribution in [0.1, 0.15) is 232 Å². The van der Waals surface area contributed by atoms with E-state index in [0.29, 0.717) is 13.0 Å². The number of ether oxygens (including phenoxy) is 4. The van der Waals surface area contributed by atoms with Crippen LogP contribution in [0.2, 0.25) is 0 Å². The van der Waals surface area contributed by atoms with Crippen LogP contribution in [0, 0.1) is 0 Å². The van der Waals surface area contributed by atoms with E-state index in [-0.39, 0.29) is 19.6 Å². The fraction of sp³-hybridized carbons (Fsp3) is 0.868. The second kappa shape index (κ2) is 44.5. The van der Waals surface area contributed by atoms with Gasteiger partial charge in [-0.15, -0.1) is 0 Å². The molecule has 1 aliphatic heterocycles. The van der Waals surface area contributed by atoms with E-state index in [1.54, 1.807) is 0 Å². The number of aliphatic hydroxyl groups excluding tert-OH is 3. The molecule has 0 saturated carbocycles. The van der Waals surface area contributed by atoms with Crippen molar-refractivity contribution in [3.8, 4) is 0 Å². The summed E-state index contributed by atoms with van der Waals surface area (Å²) in [5.74, 6) is -0.401. The van der Waals surface area contributed by atoms with E-state index in [9.17, 15) is 33.1 Å². The molecule has 1 rings (SSSR count). The number of unbranched alkanes of at least 4 members (excludes halogenated alkanes) is 28. The van der Waals surface area contributed by atoms with Crippen LogP contribution in [0.4, 0.5) is 0 Å². The van der Waals surface area contributed by atoms with Crippen LogP contribution in [0.25, 0.3) is 0 Å². The summed E-state index contributed by atoms with van der Waals surface area (Å²) in [6, 6.07) is 0. The van der Waals surface area contributed by atoms with Gasteiger partial charge in [0, 0.05) is 13.0 Å². The Morgan fingerprint density at radius 2 is 1.00 bits per heavy atom. The molecule has 0 aromatic carbocycles. The SMILES string of the molecule is CCCCCCC/C=C\C/C=C\CCCCCCCCCCCCCC(=O)OC(COCCCCCCCC/C=C\CCCCCCCC)COC1OC(CO)C(O)C(OS(=O)(=O)O)C1O. The van der Waals surface area contributed by atoms with Crippen molar-refractivity contribution >= 4 is 16.4 Å². The second-order valence-corrected chi connectivity index (χ2v) is 19.5. The maximum Gasteiger partial charge on any atom is 0.397 e. The molecule has 4 N–H and O–H groups in total. The molecule has 388 valence electrons. The van der Waals surface area contributed by atoms with Gasteiger partial charge in [0.1, 0.15) is 30.5 Å². The largest absolute Gasteiger partial charge is 0.457 e. The van der Waals surface area contributed by atoms with Gasteiger partial charge < -0.3 is 34.3 Å². The van der Waals surface area contributed by atoms with E-state index in [0.717, 1.165) is 51.4 Å². The van der Waals surface area contributed by atoms with E-state index in [2.05, 4.69) is 54.5 Å². The number of rotatable bonds is 47. The minimum absolute atomic E-state index is 0.0326.